The van der Waals surface area contributed by atoms with E-state index in [0.717, 1.165) is 11.3 Å². The average Bonchev–Trinajstić information content (AvgIpc) is 2.47. The second-order valence-electron chi connectivity index (χ2n) is 4.92. The van der Waals surface area contributed by atoms with E-state index in [-0.39, 0.29) is 11.6 Å². The highest BCUT2D eigenvalue weighted by molar-refractivity contribution is 5.94. The summed E-state index contributed by atoms with van der Waals surface area (Å²) >= 11 is 0. The summed E-state index contributed by atoms with van der Waals surface area (Å²) in [6.07, 6.45) is 0. The molecule has 2 aromatic carbocycles. The van der Waals surface area contributed by atoms with Crippen molar-refractivity contribution in [1.29, 1.82) is 0 Å². The van der Waals surface area contributed by atoms with Crippen LogP contribution in [0.25, 0.3) is 0 Å². The van der Waals surface area contributed by atoms with Gasteiger partial charge in [-0.25, -0.2) is 4.39 Å². The molecule has 0 fully saturated rings. The minimum absolute atomic E-state index is 0.00677. The van der Waals surface area contributed by atoms with Crippen LogP contribution in [0.3, 0.4) is 0 Å². The van der Waals surface area contributed by atoms with E-state index in [4.69, 9.17) is 4.74 Å². The fourth-order valence-corrected chi connectivity index (χ4v) is 2.18. The molecule has 0 spiro atoms. The molecule has 0 amide bonds. The van der Waals surface area contributed by atoms with E-state index in [1.54, 1.807) is 25.3 Å². The van der Waals surface area contributed by atoms with Gasteiger partial charge < -0.3 is 9.64 Å². The van der Waals surface area contributed by atoms with Crippen molar-refractivity contribution in [2.24, 2.45) is 0 Å². The van der Waals surface area contributed by atoms with E-state index in [2.05, 4.69) is 0 Å². The molecule has 0 aliphatic heterocycles. The van der Waals surface area contributed by atoms with Crippen LogP contribution in [0.15, 0.2) is 42.5 Å². The number of ketones is 1. The average molecular weight is 287 g/mol. The Morgan fingerprint density at radius 3 is 2.62 bits per heavy atom. The number of rotatable bonds is 5. The lowest BCUT2D eigenvalue weighted by molar-refractivity contribution is 0.101. The van der Waals surface area contributed by atoms with Gasteiger partial charge in [0.25, 0.3) is 0 Å². The molecule has 0 unspecified atom stereocenters. The lowest BCUT2D eigenvalue weighted by Crippen LogP contribution is -2.17. The van der Waals surface area contributed by atoms with Crippen LogP contribution in [0, 0.1) is 5.82 Å². The molecule has 0 N–H and O–H groups in total. The van der Waals surface area contributed by atoms with E-state index >= 15 is 0 Å². The molecule has 0 radical (unpaired) electrons. The van der Waals surface area contributed by atoms with Crippen LogP contribution in [0.2, 0.25) is 0 Å². The largest absolute Gasteiger partial charge is 0.496 e. The highest BCUT2D eigenvalue weighted by Crippen LogP contribution is 2.24. The van der Waals surface area contributed by atoms with Gasteiger partial charge in [-0.05, 0) is 43.3 Å². The van der Waals surface area contributed by atoms with Gasteiger partial charge in [-0.3, -0.25) is 4.79 Å². The van der Waals surface area contributed by atoms with Crippen LogP contribution in [-0.2, 0) is 6.54 Å². The van der Waals surface area contributed by atoms with Crippen LogP contribution in [0.5, 0.6) is 5.75 Å². The third-order valence-electron chi connectivity index (χ3n) is 3.34. The highest BCUT2D eigenvalue weighted by atomic mass is 19.1. The Kier molecular flexibility index (Phi) is 4.58. The monoisotopic (exact) mass is 287 g/mol. The lowest BCUT2D eigenvalue weighted by atomic mass is 10.1. The minimum Gasteiger partial charge on any atom is -0.496 e. The van der Waals surface area contributed by atoms with Gasteiger partial charge in [0.2, 0.25) is 0 Å². The maximum atomic E-state index is 13.3. The predicted octanol–water partition coefficient (Wildman–Crippen LogP) is 3.67. The summed E-state index contributed by atoms with van der Waals surface area (Å²) < 4.78 is 18.6. The maximum absolute atomic E-state index is 13.3. The molecule has 110 valence electrons. The molecule has 21 heavy (non-hydrogen) atoms. The molecule has 0 aromatic heterocycles. The molecule has 0 bridgehead atoms. The van der Waals surface area contributed by atoms with E-state index in [1.165, 1.54) is 19.1 Å². The Morgan fingerprint density at radius 2 is 2.00 bits per heavy atom. The topological polar surface area (TPSA) is 29.5 Å². The number of halogens is 1. The molecule has 3 nitrogen and oxygen atoms in total. The molecular formula is C17H18FNO2. The Hall–Kier alpha value is -2.36. The molecule has 0 aliphatic carbocycles. The van der Waals surface area contributed by atoms with Gasteiger partial charge in [0.05, 0.1) is 7.11 Å². The van der Waals surface area contributed by atoms with Crippen LogP contribution >= 0.6 is 0 Å². The first-order valence-electron chi connectivity index (χ1n) is 6.66. The molecule has 0 aliphatic rings. The number of methoxy groups -OCH3 is 1. The number of ether oxygens (including phenoxy) is 1. The van der Waals surface area contributed by atoms with Gasteiger partial charge in [0.1, 0.15) is 11.6 Å². The van der Waals surface area contributed by atoms with Crippen LogP contribution in [0.1, 0.15) is 22.8 Å². The number of hydrogen-bond acceptors (Lipinski definition) is 3. The maximum Gasteiger partial charge on any atom is 0.159 e. The number of nitrogens with zero attached hydrogens (tertiary/aromatic N) is 1. The van der Waals surface area contributed by atoms with E-state index in [9.17, 15) is 9.18 Å². The summed E-state index contributed by atoms with van der Waals surface area (Å²) in [4.78, 5) is 13.4. The number of anilines is 1. The van der Waals surface area contributed by atoms with Crippen molar-refractivity contribution in [1.82, 2.24) is 0 Å². The molecular weight excluding hydrogens is 269 g/mol. The standard InChI is InChI=1S/C17H18FNO2/c1-12(20)13-7-8-17(21-3)14(9-13)11-19(2)16-6-4-5-15(18)10-16/h4-10H,11H2,1-3H3. The quantitative estimate of drug-likeness (QED) is 0.786. The van der Waals surface area contributed by atoms with Crippen molar-refractivity contribution >= 4 is 11.5 Å². The first-order chi connectivity index (χ1) is 10.0. The number of hydrogen-bond donors (Lipinski definition) is 0. The van der Waals surface area contributed by atoms with Gasteiger partial charge in [-0.1, -0.05) is 6.07 Å². The summed E-state index contributed by atoms with van der Waals surface area (Å²) in [6.45, 7) is 2.05. The summed E-state index contributed by atoms with van der Waals surface area (Å²) in [5.74, 6) is 0.444. The second kappa shape index (κ2) is 6.39. The minimum atomic E-state index is -0.274. The van der Waals surface area contributed by atoms with Gasteiger partial charge in [0, 0.05) is 30.4 Å². The summed E-state index contributed by atoms with van der Waals surface area (Å²) in [7, 11) is 3.46. The molecule has 2 rings (SSSR count). The third-order valence-corrected chi connectivity index (χ3v) is 3.34. The molecule has 4 heteroatoms. The number of benzene rings is 2. The zero-order valence-corrected chi connectivity index (χ0v) is 12.4. The van der Waals surface area contributed by atoms with Gasteiger partial charge in [-0.15, -0.1) is 0 Å². The van der Waals surface area contributed by atoms with Crippen molar-refractivity contribution < 1.29 is 13.9 Å². The summed E-state index contributed by atoms with van der Waals surface area (Å²) in [5, 5.41) is 0. The van der Waals surface area contributed by atoms with Crippen molar-refractivity contribution in [3.05, 3.63) is 59.4 Å². The highest BCUT2D eigenvalue weighted by Gasteiger charge is 2.10. The van der Waals surface area contributed by atoms with Crippen molar-refractivity contribution in [2.75, 3.05) is 19.1 Å². The normalized spacial score (nSPS) is 10.3. The molecule has 0 saturated carbocycles. The van der Waals surface area contributed by atoms with Crippen LogP contribution in [0.4, 0.5) is 10.1 Å². The Morgan fingerprint density at radius 1 is 1.24 bits per heavy atom. The van der Waals surface area contributed by atoms with Gasteiger partial charge in [0.15, 0.2) is 5.78 Å². The SMILES string of the molecule is COc1ccc(C(C)=O)cc1CN(C)c1cccc(F)c1. The van der Waals surface area contributed by atoms with Gasteiger partial charge in [-0.2, -0.15) is 0 Å². The number of carbonyl (C=O) groups excluding carboxylic acids is 1. The Labute approximate surface area is 124 Å². The number of Topliss-reactive ketones (excluding diaryl/α,β-unsaturated/α-hetero) is 1. The van der Waals surface area contributed by atoms with Crippen LogP contribution in [-0.4, -0.2) is 19.9 Å². The Bertz CT molecular complexity index is 655. The van der Waals surface area contributed by atoms with Gasteiger partial charge >= 0.3 is 0 Å². The fourth-order valence-electron chi connectivity index (χ4n) is 2.18. The van der Waals surface area contributed by atoms with E-state index in [1.807, 2.05) is 24.1 Å². The van der Waals surface area contributed by atoms with Crippen molar-refractivity contribution in [3.8, 4) is 5.75 Å². The molecule has 0 atom stereocenters. The van der Waals surface area contributed by atoms with Crippen molar-refractivity contribution in [3.63, 3.8) is 0 Å². The third kappa shape index (κ3) is 3.60. The molecule has 0 heterocycles. The fraction of sp³-hybridized carbons (Fsp3) is 0.235. The molecule has 2 aromatic rings. The van der Waals surface area contributed by atoms with Crippen molar-refractivity contribution in [2.45, 2.75) is 13.5 Å². The zero-order valence-electron chi connectivity index (χ0n) is 12.4. The van der Waals surface area contributed by atoms with E-state index in [0.29, 0.717) is 17.9 Å². The molecule has 0 saturated heterocycles. The first-order valence-corrected chi connectivity index (χ1v) is 6.66. The summed E-state index contributed by atoms with van der Waals surface area (Å²) in [5.41, 5.74) is 2.29. The first kappa shape index (κ1) is 15.0. The Balaban J connectivity index is 2.29. The number of carbonyl (C=O) groups is 1. The predicted molar refractivity (Wildman–Crippen MR) is 81.5 cm³/mol. The van der Waals surface area contributed by atoms with E-state index < -0.39 is 0 Å². The second-order valence-corrected chi connectivity index (χ2v) is 4.92. The van der Waals surface area contributed by atoms with Crippen LogP contribution < -0.4 is 9.64 Å². The lowest BCUT2D eigenvalue weighted by Gasteiger charge is -2.21. The smallest absolute Gasteiger partial charge is 0.159 e. The zero-order chi connectivity index (χ0) is 15.4. The summed E-state index contributed by atoms with van der Waals surface area (Å²) in [6, 6.07) is 11.7.